The number of nitrogens with zero attached hydrogens (tertiary/aromatic N) is 2. The molecule has 0 unspecified atom stereocenters. The lowest BCUT2D eigenvalue weighted by molar-refractivity contribution is -0.125. The molecule has 1 aliphatic heterocycles. The van der Waals surface area contributed by atoms with E-state index in [0.29, 0.717) is 5.56 Å². The van der Waals surface area contributed by atoms with Gasteiger partial charge in [-0.1, -0.05) is 6.07 Å². The molecule has 0 saturated carbocycles. The molecule has 1 saturated heterocycles. The molecule has 0 spiro atoms. The molecule has 2 rings (SSSR count). The topological polar surface area (TPSA) is 56.1 Å². The number of carbonyl (C=O) groups is 1. The summed E-state index contributed by atoms with van der Waals surface area (Å²) >= 11 is 0. The van der Waals surface area contributed by atoms with Gasteiger partial charge in [0.2, 0.25) is 5.91 Å². The predicted octanol–water partition coefficient (Wildman–Crippen LogP) is 1.82. The van der Waals surface area contributed by atoms with Crippen LogP contribution in [-0.4, -0.2) is 30.9 Å². The predicted molar refractivity (Wildman–Crippen MR) is 78.0 cm³/mol. The Morgan fingerprint density at radius 3 is 2.70 bits per heavy atom. The zero-order chi connectivity index (χ0) is 14.5. The maximum absolute atomic E-state index is 11.6. The number of aryl methyl sites for hydroxylation is 1. The molecule has 1 aromatic rings. The van der Waals surface area contributed by atoms with Crippen LogP contribution in [0.1, 0.15) is 29.5 Å². The number of likely N-dealkylation sites (tertiary alicyclic amines) is 1. The molecule has 106 valence electrons. The second kappa shape index (κ2) is 6.53. The Bertz CT molecular complexity index is 525. The molecule has 1 amide bonds. The third kappa shape index (κ3) is 3.37. The average Bonchev–Trinajstić information content (AvgIpc) is 2.49. The molecule has 4 heteroatoms. The van der Waals surface area contributed by atoms with E-state index >= 15 is 0 Å². The lowest BCUT2D eigenvalue weighted by Crippen LogP contribution is -2.39. The molecule has 1 N–H and O–H groups in total. The van der Waals surface area contributed by atoms with Crippen LogP contribution in [0.3, 0.4) is 0 Å². The first-order valence-corrected chi connectivity index (χ1v) is 7.07. The van der Waals surface area contributed by atoms with Crippen molar-refractivity contribution in [2.24, 2.45) is 5.92 Å². The van der Waals surface area contributed by atoms with Crippen molar-refractivity contribution in [2.75, 3.05) is 20.1 Å². The zero-order valence-electron chi connectivity index (χ0n) is 12.1. The number of piperidine rings is 1. The quantitative estimate of drug-likeness (QED) is 0.912. The minimum atomic E-state index is 0.165. The molecule has 1 fully saturated rings. The fourth-order valence-electron chi connectivity index (χ4n) is 2.74. The first-order valence-electron chi connectivity index (χ1n) is 7.07. The molecule has 4 nitrogen and oxygen atoms in total. The smallest absolute Gasteiger partial charge is 0.222 e. The summed E-state index contributed by atoms with van der Waals surface area (Å²) < 4.78 is 0. The highest BCUT2D eigenvalue weighted by Gasteiger charge is 2.24. The number of nitriles is 1. The van der Waals surface area contributed by atoms with E-state index in [1.54, 1.807) is 7.05 Å². The van der Waals surface area contributed by atoms with Gasteiger partial charge < -0.3 is 5.32 Å². The summed E-state index contributed by atoms with van der Waals surface area (Å²) in [6.45, 7) is 4.86. The summed E-state index contributed by atoms with van der Waals surface area (Å²) in [5, 5.41) is 11.6. The average molecular weight is 271 g/mol. The molecule has 0 atom stereocenters. The van der Waals surface area contributed by atoms with Crippen LogP contribution >= 0.6 is 0 Å². The van der Waals surface area contributed by atoms with Gasteiger partial charge in [-0.3, -0.25) is 9.69 Å². The minimum Gasteiger partial charge on any atom is -0.359 e. The van der Waals surface area contributed by atoms with Crippen molar-refractivity contribution in [2.45, 2.75) is 26.3 Å². The number of hydrogen-bond acceptors (Lipinski definition) is 3. The molecule has 0 radical (unpaired) electrons. The SMILES string of the molecule is CNC(=O)C1CCN(Cc2ccc(C#N)cc2C)CC1. The second-order valence-electron chi connectivity index (χ2n) is 5.42. The lowest BCUT2D eigenvalue weighted by Gasteiger charge is -2.31. The van der Waals surface area contributed by atoms with Gasteiger partial charge in [-0.2, -0.15) is 5.26 Å². The molecule has 0 bridgehead atoms. The fourth-order valence-corrected chi connectivity index (χ4v) is 2.74. The van der Waals surface area contributed by atoms with Gasteiger partial charge >= 0.3 is 0 Å². The Labute approximate surface area is 120 Å². The van der Waals surface area contributed by atoms with E-state index in [1.165, 1.54) is 5.56 Å². The second-order valence-corrected chi connectivity index (χ2v) is 5.42. The van der Waals surface area contributed by atoms with Crippen LogP contribution < -0.4 is 5.32 Å². The van der Waals surface area contributed by atoms with Crippen molar-refractivity contribution in [1.82, 2.24) is 10.2 Å². The molecule has 1 aliphatic rings. The Morgan fingerprint density at radius 2 is 2.15 bits per heavy atom. The van der Waals surface area contributed by atoms with Crippen molar-refractivity contribution >= 4 is 5.91 Å². The van der Waals surface area contributed by atoms with Crippen LogP contribution in [-0.2, 0) is 11.3 Å². The van der Waals surface area contributed by atoms with E-state index in [2.05, 4.69) is 16.3 Å². The summed E-state index contributed by atoms with van der Waals surface area (Å²) in [4.78, 5) is 14.0. The van der Waals surface area contributed by atoms with Crippen molar-refractivity contribution in [3.05, 3.63) is 34.9 Å². The van der Waals surface area contributed by atoms with Gasteiger partial charge in [0, 0.05) is 19.5 Å². The van der Waals surface area contributed by atoms with E-state index in [9.17, 15) is 4.79 Å². The highest BCUT2D eigenvalue weighted by atomic mass is 16.1. The third-order valence-corrected chi connectivity index (χ3v) is 4.07. The Morgan fingerprint density at radius 1 is 1.45 bits per heavy atom. The van der Waals surface area contributed by atoms with Crippen molar-refractivity contribution in [1.29, 1.82) is 5.26 Å². The van der Waals surface area contributed by atoms with Gasteiger partial charge in [0.15, 0.2) is 0 Å². The van der Waals surface area contributed by atoms with E-state index in [-0.39, 0.29) is 11.8 Å². The normalized spacial score (nSPS) is 16.6. The fraction of sp³-hybridized carbons (Fsp3) is 0.500. The maximum atomic E-state index is 11.6. The largest absolute Gasteiger partial charge is 0.359 e. The summed E-state index contributed by atoms with van der Waals surface area (Å²) in [5.74, 6) is 0.331. The minimum absolute atomic E-state index is 0.165. The Kier molecular flexibility index (Phi) is 4.75. The first kappa shape index (κ1) is 14.5. The van der Waals surface area contributed by atoms with E-state index in [0.717, 1.165) is 38.0 Å². The summed E-state index contributed by atoms with van der Waals surface area (Å²) in [7, 11) is 1.70. The van der Waals surface area contributed by atoms with E-state index < -0.39 is 0 Å². The highest BCUT2D eigenvalue weighted by molar-refractivity contribution is 5.78. The molecule has 0 aliphatic carbocycles. The third-order valence-electron chi connectivity index (χ3n) is 4.07. The summed E-state index contributed by atoms with van der Waals surface area (Å²) in [6.07, 6.45) is 1.85. The molecule has 1 aromatic carbocycles. The Hall–Kier alpha value is -1.86. The van der Waals surface area contributed by atoms with Crippen LogP contribution in [0.4, 0.5) is 0 Å². The first-order chi connectivity index (χ1) is 9.63. The highest BCUT2D eigenvalue weighted by Crippen LogP contribution is 2.20. The molecule has 20 heavy (non-hydrogen) atoms. The number of nitrogens with one attached hydrogen (secondary N) is 1. The number of hydrogen-bond donors (Lipinski definition) is 1. The Balaban J connectivity index is 1.93. The van der Waals surface area contributed by atoms with Crippen LogP contribution in [0.5, 0.6) is 0 Å². The van der Waals surface area contributed by atoms with Gasteiger partial charge in [0.1, 0.15) is 0 Å². The number of rotatable bonds is 3. The molecular weight excluding hydrogens is 250 g/mol. The van der Waals surface area contributed by atoms with Gasteiger partial charge in [-0.25, -0.2) is 0 Å². The lowest BCUT2D eigenvalue weighted by atomic mass is 9.95. The van der Waals surface area contributed by atoms with Crippen LogP contribution in [0.2, 0.25) is 0 Å². The van der Waals surface area contributed by atoms with Gasteiger partial charge in [0.25, 0.3) is 0 Å². The van der Waals surface area contributed by atoms with Gasteiger partial charge in [0.05, 0.1) is 11.6 Å². The zero-order valence-corrected chi connectivity index (χ0v) is 12.1. The van der Waals surface area contributed by atoms with Gasteiger partial charge in [-0.05, 0) is 56.1 Å². The van der Waals surface area contributed by atoms with E-state index in [1.807, 2.05) is 25.1 Å². The van der Waals surface area contributed by atoms with Crippen LogP contribution in [0.15, 0.2) is 18.2 Å². The number of amides is 1. The molecule has 1 heterocycles. The monoisotopic (exact) mass is 271 g/mol. The standard InChI is InChI=1S/C16H21N3O/c1-12-9-13(10-17)3-4-15(12)11-19-7-5-14(6-8-19)16(20)18-2/h3-4,9,14H,5-8,11H2,1-2H3,(H,18,20). The van der Waals surface area contributed by atoms with Gasteiger partial charge in [-0.15, -0.1) is 0 Å². The van der Waals surface area contributed by atoms with Crippen molar-refractivity contribution in [3.63, 3.8) is 0 Å². The summed E-state index contributed by atoms with van der Waals surface area (Å²) in [6, 6.07) is 8.02. The van der Waals surface area contributed by atoms with Crippen LogP contribution in [0.25, 0.3) is 0 Å². The van der Waals surface area contributed by atoms with Crippen LogP contribution in [0, 0.1) is 24.2 Å². The van der Waals surface area contributed by atoms with E-state index in [4.69, 9.17) is 5.26 Å². The van der Waals surface area contributed by atoms with Crippen molar-refractivity contribution in [3.8, 4) is 6.07 Å². The molecule has 0 aromatic heterocycles. The number of benzene rings is 1. The summed E-state index contributed by atoms with van der Waals surface area (Å²) in [5.41, 5.74) is 3.14. The maximum Gasteiger partial charge on any atom is 0.222 e. The van der Waals surface area contributed by atoms with Crippen molar-refractivity contribution < 1.29 is 4.79 Å². The molecular formula is C16H21N3O. The number of carbonyl (C=O) groups excluding carboxylic acids is 1.